The Kier molecular flexibility index (Phi) is 3.33. The quantitative estimate of drug-likeness (QED) is 0.797. The lowest BCUT2D eigenvalue weighted by atomic mass is 9.99. The molecule has 5 heteroatoms. The second-order valence-corrected chi connectivity index (χ2v) is 4.27. The predicted octanol–water partition coefficient (Wildman–Crippen LogP) is 0.760. The van der Waals surface area contributed by atoms with E-state index in [9.17, 15) is 0 Å². The van der Waals surface area contributed by atoms with Crippen molar-refractivity contribution >= 4 is 0 Å². The van der Waals surface area contributed by atoms with E-state index in [1.54, 1.807) is 0 Å². The van der Waals surface area contributed by atoms with Gasteiger partial charge in [-0.15, -0.1) is 0 Å². The van der Waals surface area contributed by atoms with Crippen molar-refractivity contribution in [2.45, 2.75) is 32.9 Å². The molecule has 1 aromatic heterocycles. The molecule has 0 atom stereocenters. The lowest BCUT2D eigenvalue weighted by Crippen LogP contribution is -2.32. The van der Waals surface area contributed by atoms with Crippen molar-refractivity contribution in [3.63, 3.8) is 0 Å². The van der Waals surface area contributed by atoms with Crippen LogP contribution in [0, 0.1) is 5.92 Å². The van der Waals surface area contributed by atoms with Crippen molar-refractivity contribution in [2.75, 3.05) is 13.1 Å². The second kappa shape index (κ2) is 4.72. The van der Waals surface area contributed by atoms with Crippen molar-refractivity contribution < 1.29 is 4.52 Å². The Balaban J connectivity index is 1.86. The van der Waals surface area contributed by atoms with E-state index in [-0.39, 0.29) is 0 Å². The maximum atomic E-state index is 5.40. The summed E-state index contributed by atoms with van der Waals surface area (Å²) >= 11 is 0. The van der Waals surface area contributed by atoms with Crippen molar-refractivity contribution in [3.8, 4) is 0 Å². The molecule has 1 aromatic rings. The van der Waals surface area contributed by atoms with Gasteiger partial charge in [-0.2, -0.15) is 4.98 Å². The molecule has 1 fully saturated rings. The van der Waals surface area contributed by atoms with Crippen molar-refractivity contribution in [2.24, 2.45) is 11.7 Å². The van der Waals surface area contributed by atoms with Crippen LogP contribution >= 0.6 is 0 Å². The van der Waals surface area contributed by atoms with E-state index < -0.39 is 0 Å². The van der Waals surface area contributed by atoms with Gasteiger partial charge in [-0.1, -0.05) is 12.1 Å². The molecule has 2 heterocycles. The standard InChI is InChI=1S/C10H18N4O/c1-8-2-4-14(5-3-8)7-9-12-10(6-11)15-13-9/h8H,2-7,11H2,1H3. The zero-order valence-corrected chi connectivity index (χ0v) is 9.15. The molecule has 2 N–H and O–H groups in total. The van der Waals surface area contributed by atoms with Crippen LogP contribution in [0.2, 0.25) is 0 Å². The highest BCUT2D eigenvalue weighted by Gasteiger charge is 2.17. The van der Waals surface area contributed by atoms with E-state index in [2.05, 4.69) is 22.0 Å². The monoisotopic (exact) mass is 210 g/mol. The van der Waals surface area contributed by atoms with E-state index in [0.29, 0.717) is 12.4 Å². The number of hydrogen-bond acceptors (Lipinski definition) is 5. The summed E-state index contributed by atoms with van der Waals surface area (Å²) in [5.74, 6) is 2.13. The largest absolute Gasteiger partial charge is 0.338 e. The average molecular weight is 210 g/mol. The Morgan fingerprint density at radius 2 is 2.20 bits per heavy atom. The molecular weight excluding hydrogens is 192 g/mol. The van der Waals surface area contributed by atoms with Crippen LogP contribution in [0.5, 0.6) is 0 Å². The van der Waals surface area contributed by atoms with Crippen LogP contribution < -0.4 is 5.73 Å². The SMILES string of the molecule is CC1CCN(Cc2noc(CN)n2)CC1. The van der Waals surface area contributed by atoms with E-state index in [1.807, 2.05) is 0 Å². The van der Waals surface area contributed by atoms with E-state index >= 15 is 0 Å². The van der Waals surface area contributed by atoms with Crippen LogP contribution in [0.4, 0.5) is 0 Å². The van der Waals surface area contributed by atoms with Gasteiger partial charge in [0.1, 0.15) is 0 Å². The van der Waals surface area contributed by atoms with Crippen LogP contribution in [0.3, 0.4) is 0 Å². The molecule has 1 aliphatic rings. The number of nitrogens with zero attached hydrogens (tertiary/aromatic N) is 3. The van der Waals surface area contributed by atoms with Crippen molar-refractivity contribution in [3.05, 3.63) is 11.7 Å². The minimum atomic E-state index is 0.323. The molecule has 84 valence electrons. The number of rotatable bonds is 3. The molecule has 0 radical (unpaired) electrons. The summed E-state index contributed by atoms with van der Waals surface area (Å²) in [7, 11) is 0. The minimum absolute atomic E-state index is 0.323. The van der Waals surface area contributed by atoms with Gasteiger partial charge in [-0.05, 0) is 31.8 Å². The smallest absolute Gasteiger partial charge is 0.240 e. The minimum Gasteiger partial charge on any atom is -0.338 e. The highest BCUT2D eigenvalue weighted by Crippen LogP contribution is 2.17. The first-order valence-electron chi connectivity index (χ1n) is 5.52. The fourth-order valence-corrected chi connectivity index (χ4v) is 1.86. The van der Waals surface area contributed by atoms with Gasteiger partial charge in [0.2, 0.25) is 5.89 Å². The zero-order chi connectivity index (χ0) is 10.7. The Labute approximate surface area is 89.6 Å². The Hall–Kier alpha value is -0.940. The van der Waals surface area contributed by atoms with Gasteiger partial charge in [0.05, 0.1) is 13.1 Å². The van der Waals surface area contributed by atoms with Crippen molar-refractivity contribution in [1.82, 2.24) is 15.0 Å². The molecule has 0 unspecified atom stereocenters. The molecular formula is C10H18N4O. The molecule has 1 saturated heterocycles. The molecule has 0 aromatic carbocycles. The average Bonchev–Trinajstić information content (AvgIpc) is 2.69. The predicted molar refractivity (Wildman–Crippen MR) is 55.9 cm³/mol. The highest BCUT2D eigenvalue weighted by atomic mass is 16.5. The third-order valence-corrected chi connectivity index (χ3v) is 2.93. The number of aromatic nitrogens is 2. The number of hydrogen-bond donors (Lipinski definition) is 1. The summed E-state index contributed by atoms with van der Waals surface area (Å²) in [6, 6.07) is 0. The van der Waals surface area contributed by atoms with Crippen LogP contribution in [0.25, 0.3) is 0 Å². The van der Waals surface area contributed by atoms with E-state index in [1.165, 1.54) is 12.8 Å². The Bertz CT molecular complexity index is 304. The molecule has 0 saturated carbocycles. The topological polar surface area (TPSA) is 68.2 Å². The molecule has 15 heavy (non-hydrogen) atoms. The Morgan fingerprint density at radius 3 is 2.80 bits per heavy atom. The van der Waals surface area contributed by atoms with Crippen LogP contribution in [0.1, 0.15) is 31.5 Å². The summed E-state index contributed by atoms with van der Waals surface area (Å²) < 4.78 is 4.96. The number of likely N-dealkylation sites (tertiary alicyclic amines) is 1. The van der Waals surface area contributed by atoms with E-state index in [4.69, 9.17) is 10.3 Å². The third kappa shape index (κ3) is 2.76. The molecule has 2 rings (SSSR count). The van der Waals surface area contributed by atoms with Gasteiger partial charge >= 0.3 is 0 Å². The molecule has 1 aliphatic heterocycles. The number of nitrogens with two attached hydrogens (primary N) is 1. The summed E-state index contributed by atoms with van der Waals surface area (Å²) in [6.07, 6.45) is 2.53. The first kappa shape index (κ1) is 10.6. The maximum Gasteiger partial charge on any atom is 0.240 e. The Morgan fingerprint density at radius 1 is 1.47 bits per heavy atom. The highest BCUT2D eigenvalue weighted by molar-refractivity contribution is 4.86. The van der Waals surface area contributed by atoms with Gasteiger partial charge in [-0.3, -0.25) is 4.90 Å². The lowest BCUT2D eigenvalue weighted by Gasteiger charge is -2.28. The van der Waals surface area contributed by atoms with Gasteiger partial charge < -0.3 is 10.3 Å². The third-order valence-electron chi connectivity index (χ3n) is 2.93. The summed E-state index contributed by atoms with van der Waals surface area (Å²) in [5, 5.41) is 3.89. The van der Waals surface area contributed by atoms with Gasteiger partial charge in [0.15, 0.2) is 5.82 Å². The fourth-order valence-electron chi connectivity index (χ4n) is 1.86. The molecule has 5 nitrogen and oxygen atoms in total. The summed E-state index contributed by atoms with van der Waals surface area (Å²) in [4.78, 5) is 6.56. The van der Waals surface area contributed by atoms with Crippen molar-refractivity contribution in [1.29, 1.82) is 0 Å². The maximum absolute atomic E-state index is 5.40. The zero-order valence-electron chi connectivity index (χ0n) is 9.15. The molecule has 0 aliphatic carbocycles. The van der Waals surface area contributed by atoms with Crippen LogP contribution in [-0.4, -0.2) is 28.1 Å². The van der Waals surface area contributed by atoms with Gasteiger partial charge in [0.25, 0.3) is 0 Å². The molecule has 0 amide bonds. The molecule has 0 spiro atoms. The van der Waals surface area contributed by atoms with Gasteiger partial charge in [-0.25, -0.2) is 0 Å². The lowest BCUT2D eigenvalue weighted by molar-refractivity contribution is 0.179. The summed E-state index contributed by atoms with van der Waals surface area (Å²) in [6.45, 7) is 5.68. The molecule has 0 bridgehead atoms. The fraction of sp³-hybridized carbons (Fsp3) is 0.800. The first-order valence-corrected chi connectivity index (χ1v) is 5.52. The number of piperidine rings is 1. The van der Waals surface area contributed by atoms with Crippen LogP contribution in [-0.2, 0) is 13.1 Å². The first-order chi connectivity index (χ1) is 7.28. The van der Waals surface area contributed by atoms with E-state index in [0.717, 1.165) is 31.4 Å². The van der Waals surface area contributed by atoms with Crippen LogP contribution in [0.15, 0.2) is 4.52 Å². The van der Waals surface area contributed by atoms with Gasteiger partial charge in [0, 0.05) is 0 Å². The summed E-state index contributed by atoms with van der Waals surface area (Å²) in [5.41, 5.74) is 5.40. The second-order valence-electron chi connectivity index (χ2n) is 4.27. The normalized spacial score (nSPS) is 19.6.